The molecular weight excluding hydrogens is 317 g/mol. The van der Waals surface area contributed by atoms with Gasteiger partial charge >= 0.3 is 10.2 Å². The zero-order valence-corrected chi connectivity index (χ0v) is 13.7. The third-order valence-corrected chi connectivity index (χ3v) is 5.23. The molecule has 1 rings (SSSR count). The summed E-state index contributed by atoms with van der Waals surface area (Å²) >= 11 is 0. The maximum absolute atomic E-state index is 12.7. The van der Waals surface area contributed by atoms with Gasteiger partial charge in [-0.25, -0.2) is 13.1 Å². The molecule has 0 aliphatic carbocycles. The van der Waals surface area contributed by atoms with E-state index in [4.69, 9.17) is 0 Å². The predicted molar refractivity (Wildman–Crippen MR) is 78.6 cm³/mol. The van der Waals surface area contributed by atoms with Crippen molar-refractivity contribution in [2.24, 2.45) is 5.92 Å². The minimum Gasteiger partial charge on any atom is -0.211 e. The minimum atomic E-state index is -4.81. The highest BCUT2D eigenvalue weighted by Crippen LogP contribution is 2.16. The highest BCUT2D eigenvalue weighted by Gasteiger charge is 2.16. The van der Waals surface area contributed by atoms with Crippen LogP contribution in [0.15, 0.2) is 34.1 Å². The fourth-order valence-corrected chi connectivity index (χ4v) is 3.28. The van der Waals surface area contributed by atoms with Crippen LogP contribution in [0.3, 0.4) is 0 Å². The summed E-state index contributed by atoms with van der Waals surface area (Å²) in [5.41, 5.74) is 0. The summed E-state index contributed by atoms with van der Waals surface area (Å²) in [4.78, 5) is -0.642. The standard InChI is InChI=1S/C13H20FNO4S2/c1-11(2)5-3-4-10-15-21(18,19)13-8-6-12(7-9-13)20(14,16)17/h6-9,11,15H,3-5,10H2,1-2H3. The Morgan fingerprint density at radius 3 is 2.00 bits per heavy atom. The molecule has 120 valence electrons. The molecule has 0 aliphatic heterocycles. The fraction of sp³-hybridized carbons (Fsp3) is 0.538. The Morgan fingerprint density at radius 2 is 1.52 bits per heavy atom. The smallest absolute Gasteiger partial charge is 0.211 e. The predicted octanol–water partition coefficient (Wildman–Crippen LogP) is 2.45. The monoisotopic (exact) mass is 337 g/mol. The number of hydrogen-bond acceptors (Lipinski definition) is 4. The Kier molecular flexibility index (Phi) is 6.30. The Morgan fingerprint density at radius 1 is 1.00 bits per heavy atom. The molecule has 0 aromatic heterocycles. The lowest BCUT2D eigenvalue weighted by Gasteiger charge is -2.08. The fourth-order valence-electron chi connectivity index (χ4n) is 1.75. The Labute approximate surface area is 125 Å². The van der Waals surface area contributed by atoms with E-state index in [1.165, 1.54) is 0 Å². The molecule has 0 spiro atoms. The summed E-state index contributed by atoms with van der Waals surface area (Å²) in [6.45, 7) is 4.52. The first-order chi connectivity index (χ1) is 9.63. The first-order valence-electron chi connectivity index (χ1n) is 6.67. The maximum atomic E-state index is 12.7. The van der Waals surface area contributed by atoms with E-state index in [2.05, 4.69) is 18.6 Å². The first-order valence-corrected chi connectivity index (χ1v) is 9.54. The highest BCUT2D eigenvalue weighted by atomic mass is 32.3. The van der Waals surface area contributed by atoms with Crippen LogP contribution in [0.2, 0.25) is 0 Å². The molecule has 1 aromatic rings. The van der Waals surface area contributed by atoms with Gasteiger partial charge in [0.1, 0.15) is 0 Å². The van der Waals surface area contributed by atoms with Crippen molar-refractivity contribution < 1.29 is 20.7 Å². The van der Waals surface area contributed by atoms with Crippen LogP contribution >= 0.6 is 0 Å². The molecule has 0 saturated carbocycles. The number of unbranched alkanes of at least 4 members (excludes halogenated alkanes) is 1. The van der Waals surface area contributed by atoms with Crippen molar-refractivity contribution in [3.63, 3.8) is 0 Å². The van der Waals surface area contributed by atoms with E-state index >= 15 is 0 Å². The second-order valence-corrected chi connectivity index (χ2v) is 8.31. The largest absolute Gasteiger partial charge is 0.332 e. The van der Waals surface area contributed by atoms with Gasteiger partial charge in [-0.1, -0.05) is 26.7 Å². The summed E-state index contributed by atoms with van der Waals surface area (Å²) in [5, 5.41) is 0. The van der Waals surface area contributed by atoms with E-state index < -0.39 is 25.1 Å². The van der Waals surface area contributed by atoms with E-state index in [0.717, 1.165) is 43.5 Å². The SMILES string of the molecule is CC(C)CCCCNS(=O)(=O)c1ccc(S(=O)(=O)F)cc1. The lowest BCUT2D eigenvalue weighted by Crippen LogP contribution is -2.24. The third kappa shape index (κ3) is 6.11. The molecule has 0 aliphatic rings. The molecule has 0 bridgehead atoms. The highest BCUT2D eigenvalue weighted by molar-refractivity contribution is 7.89. The van der Waals surface area contributed by atoms with E-state index in [9.17, 15) is 20.7 Å². The Bertz CT molecular complexity index is 652. The number of halogens is 1. The zero-order valence-electron chi connectivity index (χ0n) is 12.0. The molecule has 0 unspecified atom stereocenters. The van der Waals surface area contributed by atoms with Crippen LogP contribution < -0.4 is 4.72 Å². The summed E-state index contributed by atoms with van der Waals surface area (Å²) in [5.74, 6) is 0.580. The van der Waals surface area contributed by atoms with Gasteiger partial charge in [0.25, 0.3) is 0 Å². The number of sulfonamides is 1. The van der Waals surface area contributed by atoms with Gasteiger partial charge in [0.15, 0.2) is 0 Å². The van der Waals surface area contributed by atoms with Gasteiger partial charge in [-0.15, -0.1) is 3.89 Å². The normalized spacial score (nSPS) is 12.8. The van der Waals surface area contributed by atoms with Crippen LogP contribution in [0, 0.1) is 5.92 Å². The molecule has 0 amide bonds. The molecule has 0 radical (unpaired) electrons. The van der Waals surface area contributed by atoms with Crippen molar-refractivity contribution in [2.75, 3.05) is 6.54 Å². The molecule has 1 N–H and O–H groups in total. The molecule has 21 heavy (non-hydrogen) atoms. The van der Waals surface area contributed by atoms with Crippen molar-refractivity contribution in [3.8, 4) is 0 Å². The average molecular weight is 337 g/mol. The van der Waals surface area contributed by atoms with Gasteiger partial charge in [-0.2, -0.15) is 8.42 Å². The minimum absolute atomic E-state index is 0.0845. The number of hydrogen-bond donors (Lipinski definition) is 1. The quantitative estimate of drug-likeness (QED) is 0.584. The maximum Gasteiger partial charge on any atom is 0.332 e. The van der Waals surface area contributed by atoms with Crippen LogP contribution in [0.25, 0.3) is 0 Å². The van der Waals surface area contributed by atoms with Crippen molar-refractivity contribution in [1.82, 2.24) is 4.72 Å². The molecular formula is C13H20FNO4S2. The molecule has 1 aromatic carbocycles. The molecule has 0 fully saturated rings. The summed E-state index contributed by atoms with van der Waals surface area (Å²) in [7, 11) is -8.50. The second kappa shape index (κ2) is 7.33. The van der Waals surface area contributed by atoms with E-state index in [1.54, 1.807) is 0 Å². The van der Waals surface area contributed by atoms with E-state index in [0.29, 0.717) is 12.5 Å². The lowest BCUT2D eigenvalue weighted by atomic mass is 10.1. The van der Waals surface area contributed by atoms with Gasteiger partial charge in [0.2, 0.25) is 10.0 Å². The number of nitrogens with one attached hydrogen (secondary N) is 1. The van der Waals surface area contributed by atoms with Crippen LogP contribution in [-0.4, -0.2) is 23.4 Å². The van der Waals surface area contributed by atoms with Gasteiger partial charge in [-0.05, 0) is 36.6 Å². The van der Waals surface area contributed by atoms with Crippen molar-refractivity contribution in [1.29, 1.82) is 0 Å². The average Bonchev–Trinajstić information content (AvgIpc) is 2.37. The molecule has 0 heterocycles. The molecule has 0 atom stereocenters. The van der Waals surface area contributed by atoms with Gasteiger partial charge < -0.3 is 0 Å². The van der Waals surface area contributed by atoms with Crippen LogP contribution in [-0.2, 0) is 20.2 Å². The summed E-state index contributed by atoms with van der Waals surface area (Å²) in [6.07, 6.45) is 2.69. The Balaban J connectivity index is 2.63. The molecule has 0 saturated heterocycles. The molecule has 8 heteroatoms. The van der Waals surface area contributed by atoms with Crippen molar-refractivity contribution in [2.45, 2.75) is 42.9 Å². The van der Waals surface area contributed by atoms with Gasteiger partial charge in [-0.3, -0.25) is 0 Å². The van der Waals surface area contributed by atoms with Crippen LogP contribution in [0.1, 0.15) is 33.1 Å². The lowest BCUT2D eigenvalue weighted by molar-refractivity contribution is 0.530. The van der Waals surface area contributed by atoms with Crippen LogP contribution in [0.5, 0.6) is 0 Å². The summed E-state index contributed by atoms with van der Waals surface area (Å²) in [6, 6.07) is 4.01. The van der Waals surface area contributed by atoms with E-state index in [-0.39, 0.29) is 4.90 Å². The topological polar surface area (TPSA) is 80.3 Å². The second-order valence-electron chi connectivity index (χ2n) is 5.20. The third-order valence-electron chi connectivity index (χ3n) is 2.92. The van der Waals surface area contributed by atoms with Gasteiger partial charge in [0, 0.05) is 6.54 Å². The summed E-state index contributed by atoms with van der Waals surface area (Å²) < 4.78 is 60.3. The number of benzene rings is 1. The van der Waals surface area contributed by atoms with Crippen LogP contribution in [0.4, 0.5) is 3.89 Å². The van der Waals surface area contributed by atoms with E-state index in [1.807, 2.05) is 0 Å². The van der Waals surface area contributed by atoms with Crippen molar-refractivity contribution in [3.05, 3.63) is 24.3 Å². The number of rotatable bonds is 8. The molecule has 5 nitrogen and oxygen atoms in total. The van der Waals surface area contributed by atoms with Crippen molar-refractivity contribution >= 4 is 20.2 Å². The Hall–Kier alpha value is -0.990. The van der Waals surface area contributed by atoms with Gasteiger partial charge in [0.05, 0.1) is 9.79 Å². The zero-order chi connectivity index (χ0) is 16.1. The first kappa shape index (κ1) is 18.1.